The zero-order chi connectivity index (χ0) is 15.2. The lowest BCUT2D eigenvalue weighted by Gasteiger charge is -2.15. The van der Waals surface area contributed by atoms with E-state index in [4.69, 9.17) is 16.3 Å². The maximum absolute atomic E-state index is 13.8. The summed E-state index contributed by atoms with van der Waals surface area (Å²) < 4.78 is 19.1. The normalized spacial score (nSPS) is 12.2. The Labute approximate surface area is 138 Å². The topological polar surface area (TPSA) is 9.23 Å². The van der Waals surface area contributed by atoms with Crippen LogP contribution in [0.15, 0.2) is 42.5 Å². The summed E-state index contributed by atoms with van der Waals surface area (Å²) in [5.41, 5.74) is 1.84. The van der Waals surface area contributed by atoms with Gasteiger partial charge in [-0.1, -0.05) is 39.7 Å². The molecular weight excluding hydrogens is 355 g/mol. The van der Waals surface area contributed by atoms with E-state index in [1.165, 1.54) is 11.6 Å². The largest absolute Gasteiger partial charge is 0.497 e. The van der Waals surface area contributed by atoms with Crippen molar-refractivity contribution in [3.8, 4) is 5.75 Å². The lowest BCUT2D eigenvalue weighted by Crippen LogP contribution is -2.11. The van der Waals surface area contributed by atoms with Gasteiger partial charge in [0.05, 0.1) is 7.11 Å². The zero-order valence-corrected chi connectivity index (χ0v) is 14.1. The van der Waals surface area contributed by atoms with Gasteiger partial charge in [0, 0.05) is 10.4 Å². The molecular formula is C17H17BrClFO. The molecule has 112 valence electrons. The summed E-state index contributed by atoms with van der Waals surface area (Å²) >= 11 is 9.47. The average molecular weight is 372 g/mol. The van der Waals surface area contributed by atoms with Crippen molar-refractivity contribution in [3.63, 3.8) is 0 Å². The highest BCUT2D eigenvalue weighted by Crippen LogP contribution is 2.23. The van der Waals surface area contributed by atoms with Crippen LogP contribution in [-0.4, -0.2) is 12.4 Å². The molecule has 2 aromatic carbocycles. The fourth-order valence-electron chi connectivity index (χ4n) is 2.32. The minimum Gasteiger partial charge on any atom is -0.497 e. The van der Waals surface area contributed by atoms with Crippen molar-refractivity contribution in [2.45, 2.75) is 12.8 Å². The molecule has 0 radical (unpaired) electrons. The molecule has 4 heteroatoms. The van der Waals surface area contributed by atoms with Crippen LogP contribution >= 0.6 is 27.5 Å². The molecule has 0 heterocycles. The van der Waals surface area contributed by atoms with E-state index in [1.807, 2.05) is 18.2 Å². The van der Waals surface area contributed by atoms with Crippen molar-refractivity contribution in [2.24, 2.45) is 5.92 Å². The Hall–Kier alpha value is -1.06. The number of ether oxygens (including phenoxy) is 1. The predicted molar refractivity (Wildman–Crippen MR) is 89.1 cm³/mol. The molecule has 0 bridgehead atoms. The third-order valence-electron chi connectivity index (χ3n) is 3.39. The van der Waals surface area contributed by atoms with Gasteiger partial charge in [-0.05, 0) is 60.2 Å². The molecule has 0 saturated heterocycles. The number of benzene rings is 2. The van der Waals surface area contributed by atoms with Gasteiger partial charge in [-0.15, -0.1) is 0 Å². The minimum absolute atomic E-state index is 0.198. The first kappa shape index (κ1) is 16.3. The third kappa shape index (κ3) is 4.72. The van der Waals surface area contributed by atoms with Gasteiger partial charge in [0.25, 0.3) is 0 Å². The van der Waals surface area contributed by atoms with Gasteiger partial charge < -0.3 is 4.74 Å². The summed E-state index contributed by atoms with van der Waals surface area (Å²) in [6.07, 6.45) is 1.50. The van der Waals surface area contributed by atoms with E-state index in [1.54, 1.807) is 19.2 Å². The summed E-state index contributed by atoms with van der Waals surface area (Å²) in [7, 11) is 1.66. The van der Waals surface area contributed by atoms with Crippen LogP contribution in [0.5, 0.6) is 5.75 Å². The van der Waals surface area contributed by atoms with Crippen LogP contribution in [0.4, 0.5) is 4.39 Å². The lowest BCUT2D eigenvalue weighted by atomic mass is 9.94. The molecule has 1 atom stereocenters. The van der Waals surface area contributed by atoms with Crippen molar-refractivity contribution >= 4 is 27.5 Å². The highest BCUT2D eigenvalue weighted by molar-refractivity contribution is 9.09. The van der Waals surface area contributed by atoms with E-state index in [9.17, 15) is 4.39 Å². The Morgan fingerprint density at radius 1 is 1.19 bits per heavy atom. The maximum atomic E-state index is 13.8. The van der Waals surface area contributed by atoms with Crippen molar-refractivity contribution < 1.29 is 9.13 Å². The van der Waals surface area contributed by atoms with E-state index < -0.39 is 0 Å². The second-order valence-electron chi connectivity index (χ2n) is 5.02. The molecule has 0 aromatic heterocycles. The fourth-order valence-corrected chi connectivity index (χ4v) is 2.98. The maximum Gasteiger partial charge on any atom is 0.126 e. The number of rotatable bonds is 6. The molecule has 0 saturated carbocycles. The number of hydrogen-bond donors (Lipinski definition) is 0. The van der Waals surface area contributed by atoms with Gasteiger partial charge in [-0.25, -0.2) is 4.39 Å². The third-order valence-corrected chi connectivity index (χ3v) is 4.54. The second-order valence-corrected chi connectivity index (χ2v) is 6.10. The average Bonchev–Trinajstić information content (AvgIpc) is 2.50. The second kappa shape index (κ2) is 7.81. The summed E-state index contributed by atoms with van der Waals surface area (Å²) in [5, 5.41) is 1.37. The molecule has 2 aromatic rings. The SMILES string of the molecule is COc1cccc(CC(CBr)Cc2cc(Cl)ccc2F)c1. The van der Waals surface area contributed by atoms with Crippen LogP contribution in [0.2, 0.25) is 5.02 Å². The van der Waals surface area contributed by atoms with Crippen molar-refractivity contribution in [1.29, 1.82) is 0 Å². The molecule has 0 amide bonds. The summed E-state index contributed by atoms with van der Waals surface area (Å²) in [5.74, 6) is 0.941. The fraction of sp³-hybridized carbons (Fsp3) is 0.294. The van der Waals surface area contributed by atoms with Gasteiger partial charge in [-0.3, -0.25) is 0 Å². The van der Waals surface area contributed by atoms with Crippen molar-refractivity contribution in [2.75, 3.05) is 12.4 Å². The van der Waals surface area contributed by atoms with Gasteiger partial charge in [-0.2, -0.15) is 0 Å². The Bertz CT molecular complexity index is 603. The summed E-state index contributed by atoms with van der Waals surface area (Å²) in [4.78, 5) is 0. The van der Waals surface area contributed by atoms with Crippen LogP contribution in [0, 0.1) is 11.7 Å². The molecule has 0 aliphatic heterocycles. The Morgan fingerprint density at radius 2 is 2.00 bits per heavy atom. The number of alkyl halides is 1. The molecule has 0 N–H and O–H groups in total. The first-order valence-corrected chi connectivity index (χ1v) is 8.25. The molecule has 21 heavy (non-hydrogen) atoms. The number of halogens is 3. The van der Waals surface area contributed by atoms with E-state index in [-0.39, 0.29) is 5.82 Å². The number of hydrogen-bond acceptors (Lipinski definition) is 1. The minimum atomic E-state index is -0.198. The van der Waals surface area contributed by atoms with Crippen LogP contribution in [-0.2, 0) is 12.8 Å². The zero-order valence-electron chi connectivity index (χ0n) is 11.8. The first-order valence-electron chi connectivity index (χ1n) is 6.75. The van der Waals surface area contributed by atoms with E-state index in [2.05, 4.69) is 22.0 Å². The smallest absolute Gasteiger partial charge is 0.126 e. The van der Waals surface area contributed by atoms with E-state index in [0.29, 0.717) is 22.9 Å². The summed E-state index contributed by atoms with van der Waals surface area (Å²) in [6, 6.07) is 12.7. The first-order chi connectivity index (χ1) is 10.1. The van der Waals surface area contributed by atoms with Gasteiger partial charge in [0.2, 0.25) is 0 Å². The molecule has 1 unspecified atom stereocenters. The van der Waals surface area contributed by atoms with Gasteiger partial charge >= 0.3 is 0 Å². The quantitative estimate of drug-likeness (QED) is 0.627. The highest BCUT2D eigenvalue weighted by atomic mass is 79.9. The Balaban J connectivity index is 2.10. The van der Waals surface area contributed by atoms with Crippen LogP contribution in [0.25, 0.3) is 0 Å². The van der Waals surface area contributed by atoms with Crippen LogP contribution in [0.1, 0.15) is 11.1 Å². The lowest BCUT2D eigenvalue weighted by molar-refractivity contribution is 0.414. The highest BCUT2D eigenvalue weighted by Gasteiger charge is 2.13. The molecule has 0 spiro atoms. The van der Waals surface area contributed by atoms with Crippen molar-refractivity contribution in [3.05, 3.63) is 64.4 Å². The predicted octanol–water partition coefficient (Wildman–Crippen LogP) is 5.28. The van der Waals surface area contributed by atoms with E-state index in [0.717, 1.165) is 17.5 Å². The molecule has 0 aliphatic rings. The van der Waals surface area contributed by atoms with E-state index >= 15 is 0 Å². The van der Waals surface area contributed by atoms with Gasteiger partial charge in [0.1, 0.15) is 11.6 Å². The monoisotopic (exact) mass is 370 g/mol. The number of methoxy groups -OCH3 is 1. The molecule has 2 rings (SSSR count). The van der Waals surface area contributed by atoms with Gasteiger partial charge in [0.15, 0.2) is 0 Å². The Morgan fingerprint density at radius 3 is 2.71 bits per heavy atom. The van der Waals surface area contributed by atoms with Crippen LogP contribution < -0.4 is 4.74 Å². The molecule has 0 fully saturated rings. The Kier molecular flexibility index (Phi) is 6.07. The standard InChI is InChI=1S/C17H17BrClFO/c1-21-16-4-2-3-12(9-16)7-13(11-18)8-14-10-15(19)5-6-17(14)20/h2-6,9-10,13H,7-8,11H2,1H3. The molecule has 0 aliphatic carbocycles. The van der Waals surface area contributed by atoms with Crippen LogP contribution in [0.3, 0.4) is 0 Å². The summed E-state index contributed by atoms with van der Waals surface area (Å²) in [6.45, 7) is 0. The van der Waals surface area contributed by atoms with Crippen molar-refractivity contribution in [1.82, 2.24) is 0 Å². The molecule has 1 nitrogen and oxygen atoms in total.